The second-order valence-corrected chi connectivity index (χ2v) is 6.49. The quantitative estimate of drug-likeness (QED) is 0.660. The Hall–Kier alpha value is -1.28. The number of aliphatic hydroxyl groups excluding tert-OH is 1. The Morgan fingerprint density at radius 3 is 2.43 bits per heavy atom. The molecule has 0 aromatic heterocycles. The molecule has 0 bridgehead atoms. The van der Waals surface area contributed by atoms with Crippen LogP contribution in [0.25, 0.3) is 0 Å². The fraction of sp³-hybridized carbons (Fsp3) is 0.579. The summed E-state index contributed by atoms with van der Waals surface area (Å²) in [5.74, 6) is 1.09. The van der Waals surface area contributed by atoms with E-state index in [1.807, 2.05) is 0 Å². The SMILES string of the molecule is Cc1c(C)c(C)c2c(c1C)CCC(C)(/C=C/CCCO)O2. The monoisotopic (exact) mass is 288 g/mol. The number of aliphatic hydroxyl groups is 1. The van der Waals surface area contributed by atoms with Crippen LogP contribution in [0.3, 0.4) is 0 Å². The second kappa shape index (κ2) is 6.23. The van der Waals surface area contributed by atoms with Crippen LogP contribution in [0.4, 0.5) is 0 Å². The molecule has 2 heteroatoms. The second-order valence-electron chi connectivity index (χ2n) is 6.49. The number of ether oxygens (including phenoxy) is 1. The van der Waals surface area contributed by atoms with Crippen molar-refractivity contribution in [2.75, 3.05) is 6.61 Å². The highest BCUT2D eigenvalue weighted by molar-refractivity contribution is 5.55. The van der Waals surface area contributed by atoms with Crippen LogP contribution in [0.5, 0.6) is 5.75 Å². The summed E-state index contributed by atoms with van der Waals surface area (Å²) in [5.41, 5.74) is 6.58. The average Bonchev–Trinajstić information content (AvgIpc) is 2.47. The Kier molecular flexibility index (Phi) is 4.77. The van der Waals surface area contributed by atoms with Crippen molar-refractivity contribution in [3.05, 3.63) is 40.0 Å². The zero-order valence-electron chi connectivity index (χ0n) is 14.0. The van der Waals surface area contributed by atoms with E-state index in [1.54, 1.807) is 0 Å². The Bertz CT molecular complexity index is 557. The first-order valence-corrected chi connectivity index (χ1v) is 7.96. The van der Waals surface area contributed by atoms with E-state index < -0.39 is 0 Å². The van der Waals surface area contributed by atoms with Gasteiger partial charge in [-0.15, -0.1) is 0 Å². The minimum absolute atomic E-state index is 0.221. The maximum absolute atomic E-state index is 8.86. The largest absolute Gasteiger partial charge is 0.483 e. The highest BCUT2D eigenvalue weighted by atomic mass is 16.5. The molecule has 2 rings (SSSR count). The lowest BCUT2D eigenvalue weighted by Gasteiger charge is -2.36. The van der Waals surface area contributed by atoms with E-state index in [9.17, 15) is 0 Å². The van der Waals surface area contributed by atoms with Gasteiger partial charge in [-0.2, -0.15) is 0 Å². The number of unbranched alkanes of at least 4 members (excludes halogenated alkanes) is 1. The highest BCUT2D eigenvalue weighted by Crippen LogP contribution is 2.41. The van der Waals surface area contributed by atoms with Gasteiger partial charge in [-0.1, -0.05) is 6.08 Å². The maximum atomic E-state index is 8.86. The molecule has 1 aliphatic rings. The molecule has 0 spiro atoms. The molecule has 1 aliphatic heterocycles. The summed E-state index contributed by atoms with van der Waals surface area (Å²) < 4.78 is 6.40. The van der Waals surface area contributed by atoms with E-state index in [2.05, 4.69) is 46.8 Å². The molecule has 1 aromatic rings. The van der Waals surface area contributed by atoms with Crippen molar-refractivity contribution < 1.29 is 9.84 Å². The summed E-state index contributed by atoms with van der Waals surface area (Å²) in [7, 11) is 0. The molecule has 21 heavy (non-hydrogen) atoms. The Labute approximate surface area is 128 Å². The number of benzene rings is 1. The van der Waals surface area contributed by atoms with Crippen molar-refractivity contribution in [3.8, 4) is 5.75 Å². The predicted molar refractivity (Wildman–Crippen MR) is 88.2 cm³/mol. The lowest BCUT2D eigenvalue weighted by Crippen LogP contribution is -2.35. The Balaban J connectivity index is 2.30. The Morgan fingerprint density at radius 2 is 1.76 bits per heavy atom. The Morgan fingerprint density at radius 1 is 1.10 bits per heavy atom. The molecule has 1 N–H and O–H groups in total. The predicted octanol–water partition coefficient (Wildman–Crippen LogP) is 4.33. The van der Waals surface area contributed by atoms with Crippen molar-refractivity contribution >= 4 is 0 Å². The van der Waals surface area contributed by atoms with Gasteiger partial charge in [0.15, 0.2) is 0 Å². The molecule has 0 amide bonds. The molecule has 1 aromatic carbocycles. The van der Waals surface area contributed by atoms with Gasteiger partial charge in [0.25, 0.3) is 0 Å². The van der Waals surface area contributed by atoms with E-state index >= 15 is 0 Å². The molecule has 2 nitrogen and oxygen atoms in total. The van der Waals surface area contributed by atoms with E-state index in [-0.39, 0.29) is 12.2 Å². The number of hydrogen-bond acceptors (Lipinski definition) is 2. The number of rotatable bonds is 4. The van der Waals surface area contributed by atoms with Crippen LogP contribution in [0.15, 0.2) is 12.2 Å². The van der Waals surface area contributed by atoms with E-state index in [0.29, 0.717) is 0 Å². The standard InChI is InChI=1S/C19H28O2/c1-13-14(2)16(4)18-17(15(13)3)9-11-19(5,21-18)10-7-6-8-12-20/h7,10,20H,6,8-9,11-12H2,1-5H3/b10-7+. The van der Waals surface area contributed by atoms with Gasteiger partial charge in [0.1, 0.15) is 11.4 Å². The van der Waals surface area contributed by atoms with Gasteiger partial charge in [0, 0.05) is 6.61 Å². The number of fused-ring (bicyclic) bond motifs is 1. The molecule has 1 heterocycles. The number of allylic oxidation sites excluding steroid dienone is 1. The van der Waals surface area contributed by atoms with Gasteiger partial charge in [-0.05, 0) is 94.2 Å². The first kappa shape index (κ1) is 16.1. The first-order chi connectivity index (χ1) is 9.89. The van der Waals surface area contributed by atoms with Crippen molar-refractivity contribution in [1.82, 2.24) is 0 Å². The van der Waals surface area contributed by atoms with Crippen molar-refractivity contribution in [2.24, 2.45) is 0 Å². The summed E-state index contributed by atoms with van der Waals surface area (Å²) in [6.45, 7) is 11.2. The normalized spacial score (nSPS) is 21.4. The minimum Gasteiger partial charge on any atom is -0.483 e. The summed E-state index contributed by atoms with van der Waals surface area (Å²) in [6.07, 6.45) is 8.13. The van der Waals surface area contributed by atoms with Gasteiger partial charge in [0.05, 0.1) is 0 Å². The van der Waals surface area contributed by atoms with Gasteiger partial charge >= 0.3 is 0 Å². The first-order valence-electron chi connectivity index (χ1n) is 7.96. The van der Waals surface area contributed by atoms with Crippen LogP contribution in [-0.2, 0) is 6.42 Å². The van der Waals surface area contributed by atoms with Crippen molar-refractivity contribution in [3.63, 3.8) is 0 Å². The lowest BCUT2D eigenvalue weighted by molar-refractivity contribution is 0.112. The third-order valence-electron chi connectivity index (χ3n) is 4.96. The molecule has 116 valence electrons. The van der Waals surface area contributed by atoms with Crippen molar-refractivity contribution in [2.45, 2.75) is 65.9 Å². The summed E-state index contributed by atoms with van der Waals surface area (Å²) in [5, 5.41) is 8.86. The molecule has 0 saturated heterocycles. The summed E-state index contributed by atoms with van der Waals surface area (Å²) in [4.78, 5) is 0. The fourth-order valence-corrected chi connectivity index (χ4v) is 3.11. The number of hydrogen-bond donors (Lipinski definition) is 1. The van der Waals surface area contributed by atoms with Crippen molar-refractivity contribution in [1.29, 1.82) is 0 Å². The van der Waals surface area contributed by atoms with Crippen LogP contribution < -0.4 is 4.74 Å². The third-order valence-corrected chi connectivity index (χ3v) is 4.96. The average molecular weight is 288 g/mol. The molecule has 1 unspecified atom stereocenters. The van der Waals surface area contributed by atoms with E-state index in [4.69, 9.17) is 9.84 Å². The van der Waals surface area contributed by atoms with Crippen LogP contribution >= 0.6 is 0 Å². The van der Waals surface area contributed by atoms with Crippen LogP contribution in [0.2, 0.25) is 0 Å². The van der Waals surface area contributed by atoms with Crippen LogP contribution in [0.1, 0.15) is 54.0 Å². The fourth-order valence-electron chi connectivity index (χ4n) is 3.11. The van der Waals surface area contributed by atoms with Gasteiger partial charge in [-0.25, -0.2) is 0 Å². The molecule has 0 radical (unpaired) electrons. The summed E-state index contributed by atoms with van der Waals surface area (Å²) >= 11 is 0. The molecule has 0 aliphatic carbocycles. The maximum Gasteiger partial charge on any atom is 0.127 e. The summed E-state index contributed by atoms with van der Waals surface area (Å²) in [6, 6.07) is 0. The zero-order chi connectivity index (χ0) is 15.6. The van der Waals surface area contributed by atoms with Gasteiger partial charge in [-0.3, -0.25) is 0 Å². The van der Waals surface area contributed by atoms with E-state index in [1.165, 1.54) is 27.8 Å². The minimum atomic E-state index is -0.221. The van der Waals surface area contributed by atoms with Gasteiger partial charge < -0.3 is 9.84 Å². The molecule has 1 atom stereocenters. The molecule has 0 saturated carbocycles. The molecular weight excluding hydrogens is 260 g/mol. The van der Waals surface area contributed by atoms with Crippen LogP contribution in [0, 0.1) is 27.7 Å². The van der Waals surface area contributed by atoms with Gasteiger partial charge in [0.2, 0.25) is 0 Å². The smallest absolute Gasteiger partial charge is 0.127 e. The third kappa shape index (κ3) is 3.16. The van der Waals surface area contributed by atoms with Crippen LogP contribution in [-0.4, -0.2) is 17.3 Å². The van der Waals surface area contributed by atoms with E-state index in [0.717, 1.165) is 31.4 Å². The highest BCUT2D eigenvalue weighted by Gasteiger charge is 2.31. The zero-order valence-corrected chi connectivity index (χ0v) is 14.0. The lowest BCUT2D eigenvalue weighted by atomic mass is 9.85. The molecular formula is C19H28O2. The topological polar surface area (TPSA) is 29.5 Å². The molecule has 0 fully saturated rings.